The SMILES string of the molecule is Cc1c(C(=O)NC2CCN(C3CC3)C2)cnn1CCCN. The standard InChI is InChI=1S/C15H25N5O/c1-11-14(9-17-20(11)7-2-6-16)15(21)18-12-5-8-19(10-12)13-3-4-13/h9,12-13H,2-8,10,16H2,1H3,(H,18,21). The lowest BCUT2D eigenvalue weighted by molar-refractivity contribution is 0.0936. The van der Waals surface area contributed by atoms with Crippen molar-refractivity contribution in [2.45, 2.75) is 51.2 Å². The van der Waals surface area contributed by atoms with Gasteiger partial charge in [-0.15, -0.1) is 0 Å². The van der Waals surface area contributed by atoms with Crippen molar-refractivity contribution in [1.29, 1.82) is 0 Å². The lowest BCUT2D eigenvalue weighted by Gasteiger charge is -2.15. The first-order valence-corrected chi connectivity index (χ1v) is 7.96. The minimum atomic E-state index is 0.00847. The first-order chi connectivity index (χ1) is 10.2. The second kappa shape index (κ2) is 6.15. The summed E-state index contributed by atoms with van der Waals surface area (Å²) in [6.45, 7) is 5.47. The highest BCUT2D eigenvalue weighted by Crippen LogP contribution is 2.29. The summed E-state index contributed by atoms with van der Waals surface area (Å²) >= 11 is 0. The minimum Gasteiger partial charge on any atom is -0.348 e. The zero-order chi connectivity index (χ0) is 14.8. The molecule has 2 fully saturated rings. The molecule has 6 heteroatoms. The van der Waals surface area contributed by atoms with E-state index < -0.39 is 0 Å². The average molecular weight is 291 g/mol. The number of hydrogen-bond acceptors (Lipinski definition) is 4. The smallest absolute Gasteiger partial charge is 0.255 e. The number of hydrogen-bond donors (Lipinski definition) is 2. The van der Waals surface area contributed by atoms with Crippen molar-refractivity contribution in [1.82, 2.24) is 20.0 Å². The Morgan fingerprint density at radius 3 is 3.00 bits per heavy atom. The van der Waals surface area contributed by atoms with Gasteiger partial charge in [-0.2, -0.15) is 5.10 Å². The van der Waals surface area contributed by atoms with Crippen LogP contribution in [0.3, 0.4) is 0 Å². The van der Waals surface area contributed by atoms with Gasteiger partial charge < -0.3 is 11.1 Å². The highest BCUT2D eigenvalue weighted by atomic mass is 16.1. The van der Waals surface area contributed by atoms with Crippen molar-refractivity contribution < 1.29 is 4.79 Å². The maximum atomic E-state index is 12.4. The molecule has 0 aromatic carbocycles. The summed E-state index contributed by atoms with van der Waals surface area (Å²) in [4.78, 5) is 14.9. The molecule has 1 amide bonds. The van der Waals surface area contributed by atoms with Crippen molar-refractivity contribution in [2.75, 3.05) is 19.6 Å². The van der Waals surface area contributed by atoms with Gasteiger partial charge in [0.15, 0.2) is 0 Å². The molecule has 116 valence electrons. The maximum Gasteiger partial charge on any atom is 0.255 e. The molecule has 2 heterocycles. The van der Waals surface area contributed by atoms with Gasteiger partial charge in [0.2, 0.25) is 0 Å². The van der Waals surface area contributed by atoms with Gasteiger partial charge in [0.05, 0.1) is 11.8 Å². The molecule has 1 aromatic rings. The first-order valence-electron chi connectivity index (χ1n) is 7.96. The molecule has 1 saturated carbocycles. The van der Waals surface area contributed by atoms with Gasteiger partial charge in [0, 0.05) is 37.4 Å². The van der Waals surface area contributed by atoms with Gasteiger partial charge in [-0.05, 0) is 39.2 Å². The fraction of sp³-hybridized carbons (Fsp3) is 0.733. The zero-order valence-electron chi connectivity index (χ0n) is 12.7. The summed E-state index contributed by atoms with van der Waals surface area (Å²) in [7, 11) is 0. The van der Waals surface area contributed by atoms with Crippen LogP contribution in [0, 0.1) is 6.92 Å². The molecule has 1 atom stereocenters. The number of nitrogens with zero attached hydrogens (tertiary/aromatic N) is 3. The topological polar surface area (TPSA) is 76.2 Å². The molecule has 0 bridgehead atoms. The Hall–Kier alpha value is -1.40. The molecule has 3 rings (SSSR count). The zero-order valence-corrected chi connectivity index (χ0v) is 12.7. The number of carbonyl (C=O) groups is 1. The van der Waals surface area contributed by atoms with E-state index in [1.54, 1.807) is 6.20 Å². The van der Waals surface area contributed by atoms with Gasteiger partial charge in [0.1, 0.15) is 0 Å². The number of amides is 1. The van der Waals surface area contributed by atoms with Gasteiger partial charge in [0.25, 0.3) is 5.91 Å². The Kier molecular flexibility index (Phi) is 4.26. The predicted octanol–water partition coefficient (Wildman–Crippen LogP) is 0.507. The third-order valence-corrected chi connectivity index (χ3v) is 4.54. The van der Waals surface area contributed by atoms with E-state index in [2.05, 4.69) is 15.3 Å². The molecule has 2 aliphatic rings. The van der Waals surface area contributed by atoms with Gasteiger partial charge >= 0.3 is 0 Å². The Bertz CT molecular complexity index is 508. The molecule has 3 N–H and O–H groups in total. The number of nitrogens with two attached hydrogens (primary N) is 1. The van der Waals surface area contributed by atoms with Crippen LogP contribution in [0.2, 0.25) is 0 Å². The third kappa shape index (κ3) is 3.27. The van der Waals surface area contributed by atoms with E-state index in [1.807, 2.05) is 11.6 Å². The Labute approximate surface area is 125 Å². The summed E-state index contributed by atoms with van der Waals surface area (Å²) in [5.74, 6) is 0.00847. The molecular weight excluding hydrogens is 266 g/mol. The quantitative estimate of drug-likeness (QED) is 0.800. The molecule has 0 radical (unpaired) electrons. The number of rotatable bonds is 6. The fourth-order valence-electron chi connectivity index (χ4n) is 3.08. The lowest BCUT2D eigenvalue weighted by atomic mass is 10.2. The van der Waals surface area contributed by atoms with Gasteiger partial charge in [-0.25, -0.2) is 0 Å². The molecule has 1 unspecified atom stereocenters. The van der Waals surface area contributed by atoms with E-state index in [9.17, 15) is 4.79 Å². The number of carbonyl (C=O) groups excluding carboxylic acids is 1. The van der Waals surface area contributed by atoms with Crippen molar-refractivity contribution in [3.63, 3.8) is 0 Å². The summed E-state index contributed by atoms with van der Waals surface area (Å²) < 4.78 is 1.87. The van der Waals surface area contributed by atoms with E-state index in [-0.39, 0.29) is 11.9 Å². The third-order valence-electron chi connectivity index (χ3n) is 4.54. The number of likely N-dealkylation sites (tertiary alicyclic amines) is 1. The molecule has 1 aliphatic carbocycles. The second-order valence-electron chi connectivity index (χ2n) is 6.19. The van der Waals surface area contributed by atoms with Crippen LogP contribution in [0.1, 0.15) is 41.7 Å². The molecular formula is C15H25N5O. The van der Waals surface area contributed by atoms with Crippen LogP contribution in [0.5, 0.6) is 0 Å². The van der Waals surface area contributed by atoms with Gasteiger partial charge in [-0.3, -0.25) is 14.4 Å². The van der Waals surface area contributed by atoms with Crippen molar-refractivity contribution >= 4 is 5.91 Å². The largest absolute Gasteiger partial charge is 0.348 e. The average Bonchev–Trinajstić information content (AvgIpc) is 3.11. The van der Waals surface area contributed by atoms with Crippen LogP contribution < -0.4 is 11.1 Å². The lowest BCUT2D eigenvalue weighted by Crippen LogP contribution is -2.37. The molecule has 0 spiro atoms. The van der Waals surface area contributed by atoms with E-state index >= 15 is 0 Å². The van der Waals surface area contributed by atoms with Crippen LogP contribution >= 0.6 is 0 Å². The number of nitrogens with one attached hydrogen (secondary N) is 1. The van der Waals surface area contributed by atoms with Crippen molar-refractivity contribution in [3.8, 4) is 0 Å². The first kappa shape index (κ1) is 14.5. The highest BCUT2D eigenvalue weighted by Gasteiger charge is 2.35. The summed E-state index contributed by atoms with van der Waals surface area (Å²) in [6.07, 6.45) is 6.27. The Morgan fingerprint density at radius 1 is 1.48 bits per heavy atom. The van der Waals surface area contributed by atoms with Crippen molar-refractivity contribution in [2.24, 2.45) is 5.73 Å². The Balaban J connectivity index is 1.56. The predicted molar refractivity (Wildman–Crippen MR) is 81.1 cm³/mol. The van der Waals surface area contributed by atoms with Crippen LogP contribution in [0.15, 0.2) is 6.20 Å². The van der Waals surface area contributed by atoms with Crippen LogP contribution in [-0.4, -0.2) is 52.3 Å². The number of aromatic nitrogens is 2. The Morgan fingerprint density at radius 2 is 2.29 bits per heavy atom. The summed E-state index contributed by atoms with van der Waals surface area (Å²) in [5.41, 5.74) is 7.14. The molecule has 1 saturated heterocycles. The van der Waals surface area contributed by atoms with Gasteiger partial charge in [-0.1, -0.05) is 0 Å². The summed E-state index contributed by atoms with van der Waals surface area (Å²) in [6, 6.07) is 1.07. The molecule has 1 aromatic heterocycles. The summed E-state index contributed by atoms with van der Waals surface area (Å²) in [5, 5.41) is 7.45. The van der Waals surface area contributed by atoms with E-state index in [1.165, 1.54) is 12.8 Å². The molecule has 1 aliphatic heterocycles. The van der Waals surface area contributed by atoms with Crippen LogP contribution in [-0.2, 0) is 6.54 Å². The normalized spacial score (nSPS) is 22.7. The second-order valence-corrected chi connectivity index (χ2v) is 6.19. The van der Waals surface area contributed by atoms with E-state index in [0.29, 0.717) is 12.1 Å². The van der Waals surface area contributed by atoms with Crippen LogP contribution in [0.4, 0.5) is 0 Å². The minimum absolute atomic E-state index is 0.00847. The maximum absolute atomic E-state index is 12.4. The van der Waals surface area contributed by atoms with E-state index in [0.717, 1.165) is 44.2 Å². The monoisotopic (exact) mass is 291 g/mol. The number of aryl methyl sites for hydroxylation is 1. The van der Waals surface area contributed by atoms with Crippen molar-refractivity contribution in [3.05, 3.63) is 17.5 Å². The fourth-order valence-corrected chi connectivity index (χ4v) is 3.08. The van der Waals surface area contributed by atoms with Crippen LogP contribution in [0.25, 0.3) is 0 Å². The highest BCUT2D eigenvalue weighted by molar-refractivity contribution is 5.95. The molecule has 21 heavy (non-hydrogen) atoms. The molecule has 6 nitrogen and oxygen atoms in total. The van der Waals surface area contributed by atoms with E-state index in [4.69, 9.17) is 5.73 Å².